The fraction of sp³-hybridized carbons (Fsp3) is 0.500. The molecular formula is C12H18NO2P. The number of para-hydroxylation sites is 1. The summed E-state index contributed by atoms with van der Waals surface area (Å²) in [5.41, 5.74) is 1.01. The summed E-state index contributed by atoms with van der Waals surface area (Å²) < 4.78 is 13.8. The zero-order valence-electron chi connectivity index (χ0n) is 10.0. The molecule has 1 aromatic rings. The fourth-order valence-corrected chi connectivity index (χ4v) is 3.05. The van der Waals surface area contributed by atoms with Crippen molar-refractivity contribution in [2.75, 3.05) is 17.8 Å². The van der Waals surface area contributed by atoms with Crippen LogP contribution in [0.5, 0.6) is 0 Å². The normalized spacial score (nSPS) is 21.4. The van der Waals surface area contributed by atoms with Crippen LogP contribution in [0.1, 0.15) is 20.8 Å². The van der Waals surface area contributed by atoms with E-state index in [0.717, 1.165) is 13.2 Å². The molecule has 88 valence electrons. The molecule has 0 radical (unpaired) electrons. The molecule has 0 spiro atoms. The highest BCUT2D eigenvalue weighted by Crippen LogP contribution is 2.51. The van der Waals surface area contributed by atoms with Crippen molar-refractivity contribution in [3.05, 3.63) is 30.3 Å². The molecule has 0 aromatic heterocycles. The molecule has 0 bridgehead atoms. The Bertz CT molecular complexity index is 337. The first-order valence-corrected chi connectivity index (χ1v) is 6.64. The summed E-state index contributed by atoms with van der Waals surface area (Å²) in [5.74, 6) is 0. The Morgan fingerprint density at radius 2 is 1.94 bits per heavy atom. The van der Waals surface area contributed by atoms with Crippen molar-refractivity contribution in [3.63, 3.8) is 0 Å². The van der Waals surface area contributed by atoms with E-state index in [1.807, 2.05) is 18.2 Å². The van der Waals surface area contributed by atoms with Crippen LogP contribution in [0, 0.1) is 0 Å². The SMILES string of the molecule is CC(C)(C)OP1OCCN1c1ccccc1. The van der Waals surface area contributed by atoms with Crippen molar-refractivity contribution < 1.29 is 9.05 Å². The number of hydrogen-bond acceptors (Lipinski definition) is 3. The van der Waals surface area contributed by atoms with Crippen LogP contribution in [0.3, 0.4) is 0 Å². The van der Waals surface area contributed by atoms with Crippen LogP contribution < -0.4 is 4.67 Å². The monoisotopic (exact) mass is 239 g/mol. The van der Waals surface area contributed by atoms with Crippen molar-refractivity contribution in [2.24, 2.45) is 0 Å². The summed E-state index contributed by atoms with van der Waals surface area (Å²) in [7, 11) is -0.940. The zero-order valence-corrected chi connectivity index (χ0v) is 10.9. The lowest BCUT2D eigenvalue weighted by atomic mass is 10.2. The summed E-state index contributed by atoms with van der Waals surface area (Å²) in [5, 5.41) is 0. The Labute approximate surface area is 98.3 Å². The lowest BCUT2D eigenvalue weighted by molar-refractivity contribution is 0.126. The van der Waals surface area contributed by atoms with Crippen LogP contribution in [0.15, 0.2) is 30.3 Å². The van der Waals surface area contributed by atoms with Crippen LogP contribution in [-0.4, -0.2) is 18.8 Å². The lowest BCUT2D eigenvalue weighted by Gasteiger charge is -2.29. The highest BCUT2D eigenvalue weighted by atomic mass is 31.2. The van der Waals surface area contributed by atoms with Gasteiger partial charge in [0.1, 0.15) is 0 Å². The van der Waals surface area contributed by atoms with E-state index in [1.54, 1.807) is 0 Å². The first-order valence-electron chi connectivity index (χ1n) is 5.51. The first-order chi connectivity index (χ1) is 7.56. The maximum absolute atomic E-state index is 5.93. The molecule has 1 fully saturated rings. The minimum atomic E-state index is -0.940. The molecule has 1 heterocycles. The molecule has 1 atom stereocenters. The van der Waals surface area contributed by atoms with Crippen molar-refractivity contribution in [1.82, 2.24) is 0 Å². The van der Waals surface area contributed by atoms with E-state index in [9.17, 15) is 0 Å². The minimum absolute atomic E-state index is 0.164. The van der Waals surface area contributed by atoms with Crippen LogP contribution in [0.25, 0.3) is 0 Å². The van der Waals surface area contributed by atoms with Crippen LogP contribution in [-0.2, 0) is 9.05 Å². The molecule has 3 nitrogen and oxygen atoms in total. The van der Waals surface area contributed by atoms with Gasteiger partial charge in [0, 0.05) is 12.2 Å². The number of rotatable bonds is 2. The van der Waals surface area contributed by atoms with Crippen molar-refractivity contribution in [2.45, 2.75) is 26.4 Å². The van der Waals surface area contributed by atoms with Gasteiger partial charge in [-0.05, 0) is 32.9 Å². The van der Waals surface area contributed by atoms with Crippen molar-refractivity contribution >= 4 is 14.2 Å². The second-order valence-corrected chi connectivity index (χ2v) is 6.13. The Kier molecular flexibility index (Phi) is 3.48. The van der Waals surface area contributed by atoms with Crippen molar-refractivity contribution in [1.29, 1.82) is 0 Å². The van der Waals surface area contributed by atoms with E-state index >= 15 is 0 Å². The molecule has 2 rings (SSSR count). The van der Waals surface area contributed by atoms with E-state index in [-0.39, 0.29) is 5.60 Å². The number of hydrogen-bond donors (Lipinski definition) is 0. The van der Waals surface area contributed by atoms with Gasteiger partial charge >= 0.3 is 0 Å². The molecule has 1 aliphatic rings. The van der Waals surface area contributed by atoms with Gasteiger partial charge in [0.25, 0.3) is 8.53 Å². The third kappa shape index (κ3) is 2.94. The van der Waals surface area contributed by atoms with Crippen molar-refractivity contribution in [3.8, 4) is 0 Å². The Morgan fingerprint density at radius 1 is 1.25 bits per heavy atom. The average Bonchev–Trinajstić information content (AvgIpc) is 2.64. The third-order valence-corrected chi connectivity index (χ3v) is 4.04. The Balaban J connectivity index is 2.10. The number of nitrogens with zero attached hydrogens (tertiary/aromatic N) is 1. The molecule has 0 amide bonds. The topological polar surface area (TPSA) is 21.7 Å². The van der Waals surface area contributed by atoms with E-state index in [0.29, 0.717) is 0 Å². The first kappa shape index (κ1) is 11.8. The molecule has 0 aliphatic carbocycles. The second-order valence-electron chi connectivity index (χ2n) is 4.73. The van der Waals surface area contributed by atoms with Gasteiger partial charge in [0.2, 0.25) is 0 Å². The second kappa shape index (κ2) is 4.70. The summed E-state index contributed by atoms with van der Waals surface area (Å²) in [4.78, 5) is 0. The molecule has 1 saturated heterocycles. The Hall–Kier alpha value is -0.630. The highest BCUT2D eigenvalue weighted by Gasteiger charge is 2.31. The maximum Gasteiger partial charge on any atom is 0.290 e. The van der Waals surface area contributed by atoms with Gasteiger partial charge < -0.3 is 13.7 Å². The predicted octanol–water partition coefficient (Wildman–Crippen LogP) is 3.57. The predicted molar refractivity (Wildman–Crippen MR) is 67.5 cm³/mol. The van der Waals surface area contributed by atoms with Gasteiger partial charge in [0.15, 0.2) is 0 Å². The molecule has 1 aromatic carbocycles. The van der Waals surface area contributed by atoms with Gasteiger partial charge in [-0.2, -0.15) is 0 Å². The molecule has 4 heteroatoms. The molecule has 0 saturated carbocycles. The largest absolute Gasteiger partial charge is 0.316 e. The molecule has 16 heavy (non-hydrogen) atoms. The fourth-order valence-electron chi connectivity index (χ4n) is 1.49. The van der Waals surface area contributed by atoms with Crippen LogP contribution in [0.4, 0.5) is 5.69 Å². The van der Waals surface area contributed by atoms with Gasteiger partial charge in [-0.25, -0.2) is 0 Å². The summed E-state index contributed by atoms with van der Waals surface area (Å²) >= 11 is 0. The molecule has 0 N–H and O–H groups in total. The maximum atomic E-state index is 5.93. The smallest absolute Gasteiger partial charge is 0.290 e. The molecule has 1 unspecified atom stereocenters. The standard InChI is InChI=1S/C12H18NO2P/c1-12(2,3)15-16-13(9-10-14-16)11-7-5-4-6-8-11/h4-8H,9-10H2,1-3H3. The van der Waals surface area contributed by atoms with Gasteiger partial charge in [0.05, 0.1) is 12.2 Å². The summed E-state index contributed by atoms with van der Waals surface area (Å²) in [6.45, 7) is 7.82. The van der Waals surface area contributed by atoms with E-state index in [1.165, 1.54) is 5.69 Å². The van der Waals surface area contributed by atoms with Crippen LogP contribution in [0.2, 0.25) is 0 Å². The molecule has 1 aliphatic heterocycles. The van der Waals surface area contributed by atoms with Gasteiger partial charge in [-0.1, -0.05) is 18.2 Å². The quantitative estimate of drug-likeness (QED) is 0.736. The average molecular weight is 239 g/mol. The molecular weight excluding hydrogens is 221 g/mol. The zero-order chi connectivity index (χ0) is 11.6. The lowest BCUT2D eigenvalue weighted by Crippen LogP contribution is -2.21. The van der Waals surface area contributed by atoms with Crippen LogP contribution >= 0.6 is 8.53 Å². The van der Waals surface area contributed by atoms with E-state index in [2.05, 4.69) is 37.6 Å². The third-order valence-electron chi connectivity index (χ3n) is 2.11. The van der Waals surface area contributed by atoms with E-state index in [4.69, 9.17) is 9.05 Å². The van der Waals surface area contributed by atoms with Gasteiger partial charge in [-0.3, -0.25) is 0 Å². The summed E-state index contributed by atoms with van der Waals surface area (Å²) in [6.07, 6.45) is 0. The number of anilines is 1. The summed E-state index contributed by atoms with van der Waals surface area (Å²) in [6, 6.07) is 10.3. The number of benzene rings is 1. The van der Waals surface area contributed by atoms with Gasteiger partial charge in [-0.15, -0.1) is 0 Å². The minimum Gasteiger partial charge on any atom is -0.316 e. The Morgan fingerprint density at radius 3 is 2.56 bits per heavy atom. The van der Waals surface area contributed by atoms with E-state index < -0.39 is 8.53 Å². The highest BCUT2D eigenvalue weighted by molar-refractivity contribution is 7.49.